The van der Waals surface area contributed by atoms with Crippen molar-refractivity contribution in [1.29, 1.82) is 0 Å². The van der Waals surface area contributed by atoms with Crippen LogP contribution in [-0.2, 0) is 6.54 Å². The highest BCUT2D eigenvalue weighted by molar-refractivity contribution is 5.95. The number of piperazine rings is 1. The molecule has 0 spiro atoms. The largest absolute Gasteiger partial charge is 0.464 e. The third-order valence-corrected chi connectivity index (χ3v) is 4.51. The van der Waals surface area contributed by atoms with Crippen LogP contribution in [-0.4, -0.2) is 52.0 Å². The van der Waals surface area contributed by atoms with E-state index in [9.17, 15) is 4.79 Å². The van der Waals surface area contributed by atoms with Crippen LogP contribution in [0.4, 0.5) is 0 Å². The van der Waals surface area contributed by atoms with Gasteiger partial charge in [0, 0.05) is 44.2 Å². The predicted molar refractivity (Wildman–Crippen MR) is 94.4 cm³/mol. The molecule has 3 heterocycles. The molecule has 4 rings (SSSR count). The van der Waals surface area contributed by atoms with E-state index in [1.54, 1.807) is 13.2 Å². The Morgan fingerprint density at radius 3 is 2.69 bits per heavy atom. The van der Waals surface area contributed by atoms with E-state index in [0.29, 0.717) is 36.9 Å². The van der Waals surface area contributed by atoms with E-state index in [0.717, 1.165) is 24.4 Å². The summed E-state index contributed by atoms with van der Waals surface area (Å²) in [5.41, 5.74) is 1.59. The molecule has 1 saturated heterocycles. The summed E-state index contributed by atoms with van der Waals surface area (Å²) in [7, 11) is 0. The van der Waals surface area contributed by atoms with Gasteiger partial charge in [0.05, 0.1) is 12.8 Å². The van der Waals surface area contributed by atoms with Gasteiger partial charge < -0.3 is 13.8 Å². The first-order valence-electron chi connectivity index (χ1n) is 8.64. The van der Waals surface area contributed by atoms with E-state index >= 15 is 0 Å². The van der Waals surface area contributed by atoms with Crippen molar-refractivity contribution < 1.29 is 13.7 Å². The van der Waals surface area contributed by atoms with Gasteiger partial charge >= 0.3 is 0 Å². The third-order valence-electron chi connectivity index (χ3n) is 4.51. The van der Waals surface area contributed by atoms with Crippen LogP contribution in [0, 0.1) is 6.92 Å². The molecular formula is C19H20N4O3. The molecule has 26 heavy (non-hydrogen) atoms. The number of furan rings is 1. The maximum atomic E-state index is 12.8. The molecule has 0 radical (unpaired) electrons. The zero-order valence-corrected chi connectivity index (χ0v) is 14.6. The Kier molecular flexibility index (Phi) is 4.53. The topological polar surface area (TPSA) is 75.6 Å². The molecule has 0 atom stereocenters. The molecule has 2 aromatic heterocycles. The fourth-order valence-corrected chi connectivity index (χ4v) is 3.15. The van der Waals surface area contributed by atoms with Crippen LogP contribution >= 0.6 is 0 Å². The molecule has 3 aromatic rings. The van der Waals surface area contributed by atoms with Crippen molar-refractivity contribution in [2.24, 2.45) is 0 Å². The molecule has 0 bridgehead atoms. The number of amides is 1. The normalized spacial score (nSPS) is 15.3. The van der Waals surface area contributed by atoms with Gasteiger partial charge in [0.25, 0.3) is 5.91 Å². The first kappa shape index (κ1) is 16.5. The molecule has 1 aliphatic rings. The lowest BCUT2D eigenvalue weighted by atomic mass is 10.1. The monoisotopic (exact) mass is 352 g/mol. The van der Waals surface area contributed by atoms with E-state index < -0.39 is 0 Å². The van der Waals surface area contributed by atoms with Crippen LogP contribution < -0.4 is 0 Å². The Morgan fingerprint density at radius 1 is 1.15 bits per heavy atom. The molecule has 0 N–H and O–H groups in total. The van der Waals surface area contributed by atoms with Gasteiger partial charge in [-0.1, -0.05) is 17.3 Å². The highest BCUT2D eigenvalue weighted by atomic mass is 16.5. The van der Waals surface area contributed by atoms with Crippen molar-refractivity contribution in [3.63, 3.8) is 0 Å². The molecule has 0 saturated carbocycles. The van der Waals surface area contributed by atoms with Crippen molar-refractivity contribution in [2.45, 2.75) is 13.5 Å². The molecule has 134 valence electrons. The Morgan fingerprint density at radius 2 is 2.00 bits per heavy atom. The Bertz CT molecular complexity index is 880. The van der Waals surface area contributed by atoms with Gasteiger partial charge in [0.1, 0.15) is 5.76 Å². The minimum atomic E-state index is 0.0495. The van der Waals surface area contributed by atoms with Gasteiger partial charge in [0.2, 0.25) is 5.89 Å². The number of carbonyl (C=O) groups is 1. The van der Waals surface area contributed by atoms with Crippen LogP contribution in [0.25, 0.3) is 11.3 Å². The minimum absolute atomic E-state index is 0.0495. The Hall–Kier alpha value is -2.93. The van der Waals surface area contributed by atoms with Crippen LogP contribution in [0.15, 0.2) is 51.6 Å². The average Bonchev–Trinajstić information content (AvgIpc) is 3.34. The fourth-order valence-electron chi connectivity index (χ4n) is 3.15. The molecule has 1 aromatic carbocycles. The molecule has 1 aliphatic heterocycles. The van der Waals surface area contributed by atoms with E-state index in [1.165, 1.54) is 0 Å². The second-order valence-corrected chi connectivity index (χ2v) is 6.36. The number of carbonyl (C=O) groups excluding carboxylic acids is 1. The number of aryl methyl sites for hydroxylation is 1. The lowest BCUT2D eigenvalue weighted by molar-refractivity contribution is 0.0624. The molecular weight excluding hydrogens is 332 g/mol. The summed E-state index contributed by atoms with van der Waals surface area (Å²) >= 11 is 0. The highest BCUT2D eigenvalue weighted by Crippen LogP contribution is 2.21. The van der Waals surface area contributed by atoms with Crippen LogP contribution in [0.1, 0.15) is 22.1 Å². The summed E-state index contributed by atoms with van der Waals surface area (Å²) in [6.07, 6.45) is 1.63. The summed E-state index contributed by atoms with van der Waals surface area (Å²) in [6.45, 7) is 5.37. The van der Waals surface area contributed by atoms with E-state index in [-0.39, 0.29) is 5.91 Å². The predicted octanol–water partition coefficient (Wildman–Crippen LogP) is 2.60. The summed E-state index contributed by atoms with van der Waals surface area (Å²) in [5, 5.41) is 3.93. The van der Waals surface area contributed by atoms with E-state index in [4.69, 9.17) is 8.94 Å². The zero-order chi connectivity index (χ0) is 17.9. The van der Waals surface area contributed by atoms with Gasteiger partial charge in [0.15, 0.2) is 5.82 Å². The van der Waals surface area contributed by atoms with Crippen molar-refractivity contribution in [3.05, 3.63) is 59.9 Å². The van der Waals surface area contributed by atoms with Crippen molar-refractivity contribution in [3.8, 4) is 11.3 Å². The van der Waals surface area contributed by atoms with Gasteiger partial charge in [-0.15, -0.1) is 0 Å². The second kappa shape index (κ2) is 7.13. The zero-order valence-electron chi connectivity index (χ0n) is 14.6. The standard InChI is InChI=1S/C19H20N4O3/c1-14-20-18(21-26-14)13-22-7-9-23(10-8-22)19(24)16-5-2-4-15(12-16)17-6-3-11-25-17/h2-6,11-12H,7-10,13H2,1H3. The third kappa shape index (κ3) is 3.52. The van der Waals surface area contributed by atoms with Gasteiger partial charge in [-0.05, 0) is 24.3 Å². The lowest BCUT2D eigenvalue weighted by Crippen LogP contribution is -2.48. The first-order chi connectivity index (χ1) is 12.7. The average molecular weight is 352 g/mol. The second-order valence-electron chi connectivity index (χ2n) is 6.36. The maximum Gasteiger partial charge on any atom is 0.253 e. The SMILES string of the molecule is Cc1nc(CN2CCN(C(=O)c3cccc(-c4ccco4)c3)CC2)no1. The summed E-state index contributed by atoms with van der Waals surface area (Å²) in [4.78, 5) is 21.2. The first-order valence-corrected chi connectivity index (χ1v) is 8.64. The van der Waals surface area contributed by atoms with E-state index in [1.807, 2.05) is 41.3 Å². The summed E-state index contributed by atoms with van der Waals surface area (Å²) in [5.74, 6) is 2.08. The summed E-state index contributed by atoms with van der Waals surface area (Å²) in [6, 6.07) is 11.3. The van der Waals surface area contributed by atoms with Gasteiger partial charge in [-0.3, -0.25) is 9.69 Å². The minimum Gasteiger partial charge on any atom is -0.464 e. The smallest absolute Gasteiger partial charge is 0.253 e. The fraction of sp³-hybridized carbons (Fsp3) is 0.316. The number of hydrogen-bond donors (Lipinski definition) is 0. The molecule has 0 aliphatic carbocycles. The van der Waals surface area contributed by atoms with Gasteiger partial charge in [-0.25, -0.2) is 0 Å². The Balaban J connectivity index is 1.38. The molecule has 7 nitrogen and oxygen atoms in total. The number of nitrogens with zero attached hydrogens (tertiary/aromatic N) is 4. The molecule has 1 fully saturated rings. The quantitative estimate of drug-likeness (QED) is 0.718. The molecule has 1 amide bonds. The summed E-state index contributed by atoms with van der Waals surface area (Å²) < 4.78 is 10.4. The molecule has 0 unspecified atom stereocenters. The number of aromatic nitrogens is 2. The van der Waals surface area contributed by atoms with E-state index in [2.05, 4.69) is 15.0 Å². The number of rotatable bonds is 4. The highest BCUT2D eigenvalue weighted by Gasteiger charge is 2.23. The van der Waals surface area contributed by atoms with Crippen molar-refractivity contribution in [2.75, 3.05) is 26.2 Å². The van der Waals surface area contributed by atoms with Crippen LogP contribution in [0.3, 0.4) is 0 Å². The lowest BCUT2D eigenvalue weighted by Gasteiger charge is -2.34. The van der Waals surface area contributed by atoms with Gasteiger partial charge in [-0.2, -0.15) is 4.98 Å². The number of hydrogen-bond acceptors (Lipinski definition) is 6. The number of benzene rings is 1. The Labute approximate surface area is 151 Å². The van der Waals surface area contributed by atoms with Crippen molar-refractivity contribution in [1.82, 2.24) is 19.9 Å². The van der Waals surface area contributed by atoms with Crippen LogP contribution in [0.2, 0.25) is 0 Å². The van der Waals surface area contributed by atoms with Crippen LogP contribution in [0.5, 0.6) is 0 Å². The maximum absolute atomic E-state index is 12.8. The van der Waals surface area contributed by atoms with Crippen molar-refractivity contribution >= 4 is 5.91 Å². The molecule has 7 heteroatoms.